The molecule has 2 saturated carbocycles. The second-order valence-corrected chi connectivity index (χ2v) is 6.87. The van der Waals surface area contributed by atoms with E-state index in [2.05, 4.69) is 11.4 Å². The lowest BCUT2D eigenvalue weighted by Crippen LogP contribution is -2.25. The van der Waals surface area contributed by atoms with Crippen LogP contribution in [0.15, 0.2) is 12.1 Å². The molecule has 0 aliphatic heterocycles. The Morgan fingerprint density at radius 1 is 1.25 bits per heavy atom. The van der Waals surface area contributed by atoms with Gasteiger partial charge in [0.1, 0.15) is 0 Å². The molecule has 16 heavy (non-hydrogen) atoms. The topological polar surface area (TPSA) is 12.0 Å². The number of rotatable bonds is 4. The molecule has 1 heterocycles. The molecule has 1 aromatic heterocycles. The van der Waals surface area contributed by atoms with Gasteiger partial charge in [-0.25, -0.2) is 0 Å². The van der Waals surface area contributed by atoms with E-state index in [1.807, 2.05) is 6.07 Å². The Balaban J connectivity index is 1.63. The highest BCUT2D eigenvalue weighted by Crippen LogP contribution is 2.43. The largest absolute Gasteiger partial charge is 0.314 e. The summed E-state index contributed by atoms with van der Waals surface area (Å²) in [6.07, 6.45) is 6.91. The molecule has 0 spiro atoms. The fourth-order valence-electron chi connectivity index (χ4n) is 2.79. The van der Waals surface area contributed by atoms with Crippen LogP contribution in [0, 0.1) is 5.92 Å². The minimum atomic E-state index is 0.767. The van der Waals surface area contributed by atoms with Gasteiger partial charge in [-0.15, -0.1) is 11.3 Å². The zero-order valence-corrected chi connectivity index (χ0v) is 11.0. The molecule has 2 fully saturated rings. The van der Waals surface area contributed by atoms with Gasteiger partial charge in [0.15, 0.2) is 0 Å². The van der Waals surface area contributed by atoms with E-state index in [1.54, 1.807) is 11.3 Å². The van der Waals surface area contributed by atoms with Crippen molar-refractivity contribution in [3.63, 3.8) is 0 Å². The Kier molecular flexibility index (Phi) is 3.23. The number of halogens is 1. The Bertz CT molecular complexity index is 359. The summed E-state index contributed by atoms with van der Waals surface area (Å²) in [4.78, 5) is 1.50. The second kappa shape index (κ2) is 4.67. The highest BCUT2D eigenvalue weighted by atomic mass is 35.5. The quantitative estimate of drug-likeness (QED) is 0.856. The van der Waals surface area contributed by atoms with Crippen LogP contribution in [0.4, 0.5) is 0 Å². The van der Waals surface area contributed by atoms with Crippen molar-refractivity contribution in [3.8, 4) is 0 Å². The molecule has 2 aliphatic rings. The van der Waals surface area contributed by atoms with Crippen LogP contribution in [-0.4, -0.2) is 12.6 Å². The summed E-state index contributed by atoms with van der Waals surface area (Å²) in [5, 5.41) is 3.68. The average Bonchev–Trinajstić information content (AvgIpc) is 2.82. The van der Waals surface area contributed by atoms with Crippen LogP contribution in [0.2, 0.25) is 4.34 Å². The Morgan fingerprint density at radius 2 is 2.12 bits per heavy atom. The van der Waals surface area contributed by atoms with Gasteiger partial charge in [0.2, 0.25) is 0 Å². The normalized spacial score (nSPS) is 29.8. The van der Waals surface area contributed by atoms with Gasteiger partial charge in [-0.05, 0) is 56.2 Å². The summed E-state index contributed by atoms with van der Waals surface area (Å²) in [6, 6.07) is 5.12. The minimum absolute atomic E-state index is 0.767. The van der Waals surface area contributed by atoms with Crippen molar-refractivity contribution >= 4 is 22.9 Å². The number of hydrogen-bond acceptors (Lipinski definition) is 2. The molecule has 0 radical (unpaired) electrons. The third-order valence-electron chi connectivity index (χ3n) is 3.86. The predicted octanol–water partition coefficient (Wildman–Crippen LogP) is 4.04. The van der Waals surface area contributed by atoms with E-state index in [0.717, 1.165) is 22.2 Å². The number of thiophene rings is 1. The number of hydrogen-bond donors (Lipinski definition) is 1. The summed E-state index contributed by atoms with van der Waals surface area (Å²) in [5.74, 6) is 1.61. The van der Waals surface area contributed by atoms with E-state index in [0.29, 0.717) is 0 Å². The highest BCUT2D eigenvalue weighted by molar-refractivity contribution is 7.16. The van der Waals surface area contributed by atoms with Crippen molar-refractivity contribution in [2.24, 2.45) is 5.92 Å². The van der Waals surface area contributed by atoms with Crippen molar-refractivity contribution in [2.45, 2.75) is 44.1 Å². The van der Waals surface area contributed by atoms with Gasteiger partial charge in [-0.2, -0.15) is 0 Å². The van der Waals surface area contributed by atoms with Crippen LogP contribution in [-0.2, 0) is 0 Å². The Morgan fingerprint density at radius 3 is 2.81 bits per heavy atom. The first-order chi connectivity index (χ1) is 7.83. The van der Waals surface area contributed by atoms with Crippen LogP contribution < -0.4 is 5.32 Å². The van der Waals surface area contributed by atoms with Gasteiger partial charge < -0.3 is 5.32 Å². The Labute approximate surface area is 106 Å². The molecule has 3 rings (SSSR count). The molecule has 3 heteroatoms. The summed E-state index contributed by atoms with van der Waals surface area (Å²) < 4.78 is 0.941. The maximum atomic E-state index is 6.03. The third-order valence-corrected chi connectivity index (χ3v) is 5.23. The lowest BCUT2D eigenvalue weighted by molar-refractivity contribution is 0.446. The monoisotopic (exact) mass is 255 g/mol. The van der Waals surface area contributed by atoms with Crippen molar-refractivity contribution in [1.29, 1.82) is 0 Å². The fraction of sp³-hybridized carbons (Fsp3) is 0.692. The van der Waals surface area contributed by atoms with Crippen LogP contribution in [0.25, 0.3) is 0 Å². The smallest absolute Gasteiger partial charge is 0.0931 e. The zero-order valence-electron chi connectivity index (χ0n) is 9.42. The molecule has 0 aromatic carbocycles. The first-order valence-corrected chi connectivity index (χ1v) is 7.51. The number of nitrogens with one attached hydrogen (secondary N) is 1. The van der Waals surface area contributed by atoms with Gasteiger partial charge in [-0.3, -0.25) is 0 Å². The molecular weight excluding hydrogens is 238 g/mol. The summed E-state index contributed by atoms with van der Waals surface area (Å²) in [6.45, 7) is 1.21. The molecule has 88 valence electrons. The van der Waals surface area contributed by atoms with E-state index >= 15 is 0 Å². The van der Waals surface area contributed by atoms with Gasteiger partial charge in [0.25, 0.3) is 0 Å². The van der Waals surface area contributed by atoms with Gasteiger partial charge in [0, 0.05) is 10.9 Å². The summed E-state index contributed by atoms with van der Waals surface area (Å²) in [5.41, 5.74) is 0. The average molecular weight is 256 g/mol. The standard InChI is InChI=1S/C13H18ClNS/c14-13-7-6-12(16-13)11-3-1-2-9(11)8-15-10-4-5-10/h6-7,9-11,15H,1-5,8H2. The van der Waals surface area contributed by atoms with Gasteiger partial charge in [-0.1, -0.05) is 18.0 Å². The van der Waals surface area contributed by atoms with Crippen molar-refractivity contribution in [2.75, 3.05) is 6.54 Å². The summed E-state index contributed by atoms with van der Waals surface area (Å²) in [7, 11) is 0. The Hall–Kier alpha value is -0.0500. The zero-order chi connectivity index (χ0) is 11.0. The van der Waals surface area contributed by atoms with Crippen LogP contribution in [0.1, 0.15) is 42.9 Å². The van der Waals surface area contributed by atoms with Gasteiger partial charge in [0.05, 0.1) is 4.34 Å². The van der Waals surface area contributed by atoms with E-state index in [9.17, 15) is 0 Å². The maximum Gasteiger partial charge on any atom is 0.0931 e. The lowest BCUT2D eigenvalue weighted by Gasteiger charge is -2.18. The van der Waals surface area contributed by atoms with E-state index in [1.165, 1.54) is 43.5 Å². The van der Waals surface area contributed by atoms with E-state index in [4.69, 9.17) is 11.6 Å². The fourth-order valence-corrected chi connectivity index (χ4v) is 4.08. The molecule has 2 atom stereocenters. The second-order valence-electron chi connectivity index (χ2n) is 5.12. The third kappa shape index (κ3) is 2.44. The molecule has 1 aromatic rings. The first-order valence-electron chi connectivity index (χ1n) is 6.31. The van der Waals surface area contributed by atoms with Crippen molar-refractivity contribution in [3.05, 3.63) is 21.3 Å². The molecule has 2 aliphatic carbocycles. The summed E-state index contributed by atoms with van der Waals surface area (Å²) >= 11 is 7.80. The molecule has 0 saturated heterocycles. The van der Waals surface area contributed by atoms with Crippen LogP contribution in [0.5, 0.6) is 0 Å². The van der Waals surface area contributed by atoms with Crippen molar-refractivity contribution < 1.29 is 0 Å². The SMILES string of the molecule is Clc1ccc(C2CCCC2CNC2CC2)s1. The molecule has 0 bridgehead atoms. The van der Waals surface area contributed by atoms with E-state index in [-0.39, 0.29) is 0 Å². The molecular formula is C13H18ClNS. The highest BCUT2D eigenvalue weighted by Gasteiger charge is 2.31. The van der Waals surface area contributed by atoms with Crippen LogP contribution >= 0.6 is 22.9 Å². The van der Waals surface area contributed by atoms with E-state index < -0.39 is 0 Å². The first kappa shape index (κ1) is 11.1. The maximum absolute atomic E-state index is 6.03. The van der Waals surface area contributed by atoms with Crippen LogP contribution in [0.3, 0.4) is 0 Å². The molecule has 2 unspecified atom stereocenters. The molecule has 0 amide bonds. The van der Waals surface area contributed by atoms with Crippen molar-refractivity contribution in [1.82, 2.24) is 5.32 Å². The van der Waals surface area contributed by atoms with Gasteiger partial charge >= 0.3 is 0 Å². The lowest BCUT2D eigenvalue weighted by atomic mass is 9.94. The molecule has 1 nitrogen and oxygen atoms in total. The molecule has 1 N–H and O–H groups in total. The predicted molar refractivity (Wildman–Crippen MR) is 70.4 cm³/mol. The minimum Gasteiger partial charge on any atom is -0.314 e.